The molecule has 162 valence electrons. The molecule has 1 N–H and O–H groups in total. The topological polar surface area (TPSA) is 62.4 Å². The molecule has 1 aliphatic carbocycles. The number of aromatic amines is 1. The largest absolute Gasteiger partial charge is 0.462 e. The van der Waals surface area contributed by atoms with Gasteiger partial charge in [-0.2, -0.15) is 0 Å². The monoisotopic (exact) mass is 410 g/mol. The van der Waals surface area contributed by atoms with Crippen molar-refractivity contribution in [1.82, 2.24) is 9.88 Å². The lowest BCUT2D eigenvalue weighted by molar-refractivity contribution is -0.133. The molecule has 0 radical (unpaired) electrons. The van der Waals surface area contributed by atoms with Gasteiger partial charge in [0.2, 0.25) is 5.91 Å². The summed E-state index contributed by atoms with van der Waals surface area (Å²) >= 11 is 0. The zero-order chi connectivity index (χ0) is 21.7. The molecule has 0 spiro atoms. The van der Waals surface area contributed by atoms with Crippen LogP contribution in [0.4, 0.5) is 0 Å². The second kappa shape index (κ2) is 9.96. The Labute approximate surface area is 179 Å². The van der Waals surface area contributed by atoms with Crippen molar-refractivity contribution < 1.29 is 14.3 Å². The van der Waals surface area contributed by atoms with Gasteiger partial charge in [0.05, 0.1) is 18.7 Å². The normalized spacial score (nSPS) is 14.1. The summed E-state index contributed by atoms with van der Waals surface area (Å²) < 4.78 is 5.21. The Balaban J connectivity index is 1.82. The van der Waals surface area contributed by atoms with Gasteiger partial charge in [0.25, 0.3) is 0 Å². The Morgan fingerprint density at radius 3 is 2.37 bits per heavy atom. The number of carbonyl (C=O) groups excluding carboxylic acids is 2. The number of ether oxygens (including phenoxy) is 1. The standard InChI is InChI=1S/C25H34N2O3/c1-5-30-25(29)24-18(3)22(26-19(24)4)16-27(15-21-12-10-17(2)11-13-21)23(28)14-20-8-6-7-9-20/h10-13,20,26H,5-9,14-16H2,1-4H3. The van der Waals surface area contributed by atoms with Crippen LogP contribution >= 0.6 is 0 Å². The number of esters is 1. The first kappa shape index (κ1) is 22.1. The number of nitrogens with one attached hydrogen (secondary N) is 1. The van der Waals surface area contributed by atoms with E-state index in [-0.39, 0.29) is 11.9 Å². The minimum atomic E-state index is -0.308. The van der Waals surface area contributed by atoms with Crippen LogP contribution in [-0.2, 0) is 22.6 Å². The molecule has 0 bridgehead atoms. The van der Waals surface area contributed by atoms with E-state index in [1.165, 1.54) is 18.4 Å². The van der Waals surface area contributed by atoms with E-state index in [1.807, 2.05) is 18.7 Å². The fraction of sp³-hybridized carbons (Fsp3) is 0.520. The van der Waals surface area contributed by atoms with Crippen molar-refractivity contribution >= 4 is 11.9 Å². The van der Waals surface area contributed by atoms with Gasteiger partial charge in [0, 0.05) is 24.4 Å². The molecule has 5 heteroatoms. The summed E-state index contributed by atoms with van der Waals surface area (Å²) in [5, 5.41) is 0. The fourth-order valence-electron chi connectivity index (χ4n) is 4.41. The lowest BCUT2D eigenvalue weighted by Gasteiger charge is -2.24. The van der Waals surface area contributed by atoms with Gasteiger partial charge in [-0.25, -0.2) is 4.79 Å². The molecule has 1 saturated carbocycles. The average Bonchev–Trinajstić information content (AvgIpc) is 3.31. The van der Waals surface area contributed by atoms with Gasteiger partial charge in [0.1, 0.15) is 0 Å². The van der Waals surface area contributed by atoms with Crippen LogP contribution in [0.2, 0.25) is 0 Å². The molecule has 0 aliphatic heterocycles. The van der Waals surface area contributed by atoms with E-state index in [9.17, 15) is 9.59 Å². The third-order valence-electron chi connectivity index (χ3n) is 6.15. The highest BCUT2D eigenvalue weighted by atomic mass is 16.5. The molecule has 2 aromatic rings. The van der Waals surface area contributed by atoms with Gasteiger partial charge in [0.15, 0.2) is 0 Å². The van der Waals surface area contributed by atoms with E-state index in [0.717, 1.165) is 35.4 Å². The van der Waals surface area contributed by atoms with E-state index < -0.39 is 0 Å². The van der Waals surface area contributed by atoms with Crippen LogP contribution in [0.1, 0.15) is 77.5 Å². The predicted molar refractivity (Wildman–Crippen MR) is 118 cm³/mol. The van der Waals surface area contributed by atoms with Crippen LogP contribution in [0.3, 0.4) is 0 Å². The number of amides is 1. The third kappa shape index (κ3) is 5.32. The Hall–Kier alpha value is -2.56. The average molecular weight is 411 g/mol. The molecular formula is C25H34N2O3. The molecule has 3 rings (SSSR count). The maximum absolute atomic E-state index is 13.2. The number of carbonyl (C=O) groups is 2. The van der Waals surface area contributed by atoms with E-state index >= 15 is 0 Å². The van der Waals surface area contributed by atoms with E-state index in [1.54, 1.807) is 6.92 Å². The summed E-state index contributed by atoms with van der Waals surface area (Å²) in [5.41, 5.74) is 5.48. The summed E-state index contributed by atoms with van der Waals surface area (Å²) in [5.74, 6) is 0.378. The maximum Gasteiger partial charge on any atom is 0.340 e. The minimum absolute atomic E-state index is 0.187. The van der Waals surface area contributed by atoms with Crippen LogP contribution in [0, 0.1) is 26.7 Å². The third-order valence-corrected chi connectivity index (χ3v) is 6.15. The number of hydrogen-bond acceptors (Lipinski definition) is 3. The summed E-state index contributed by atoms with van der Waals surface area (Å²) in [6.07, 6.45) is 5.37. The van der Waals surface area contributed by atoms with Gasteiger partial charge < -0.3 is 14.6 Å². The number of nitrogens with zero attached hydrogens (tertiary/aromatic N) is 1. The van der Waals surface area contributed by atoms with E-state index in [4.69, 9.17) is 4.74 Å². The van der Waals surface area contributed by atoms with E-state index in [2.05, 4.69) is 36.2 Å². The quantitative estimate of drug-likeness (QED) is 0.607. The first-order valence-electron chi connectivity index (χ1n) is 11.1. The van der Waals surface area contributed by atoms with Crippen LogP contribution in [0.5, 0.6) is 0 Å². The minimum Gasteiger partial charge on any atom is -0.462 e. The molecule has 0 unspecified atom stereocenters. The summed E-state index contributed by atoms with van der Waals surface area (Å²) in [7, 11) is 0. The van der Waals surface area contributed by atoms with Gasteiger partial charge in [-0.15, -0.1) is 0 Å². The second-order valence-corrected chi connectivity index (χ2v) is 8.54. The highest BCUT2D eigenvalue weighted by molar-refractivity contribution is 5.92. The first-order valence-corrected chi connectivity index (χ1v) is 11.1. The molecule has 1 heterocycles. The van der Waals surface area contributed by atoms with Crippen molar-refractivity contribution in [2.24, 2.45) is 5.92 Å². The molecule has 5 nitrogen and oxygen atoms in total. The van der Waals surface area contributed by atoms with Crippen molar-refractivity contribution in [3.05, 3.63) is 57.9 Å². The predicted octanol–water partition coefficient (Wildman–Crippen LogP) is 5.23. The highest BCUT2D eigenvalue weighted by Gasteiger charge is 2.25. The van der Waals surface area contributed by atoms with Crippen molar-refractivity contribution in [1.29, 1.82) is 0 Å². The number of H-pyrrole nitrogens is 1. The Kier molecular flexibility index (Phi) is 7.35. The zero-order valence-electron chi connectivity index (χ0n) is 18.7. The highest BCUT2D eigenvalue weighted by Crippen LogP contribution is 2.29. The van der Waals surface area contributed by atoms with Gasteiger partial charge in [-0.05, 0) is 57.6 Å². The molecule has 1 aliphatic rings. The van der Waals surface area contributed by atoms with Crippen molar-refractivity contribution in [3.8, 4) is 0 Å². The number of aryl methyl sites for hydroxylation is 2. The molecule has 1 fully saturated rings. The lowest BCUT2D eigenvalue weighted by Crippen LogP contribution is -2.31. The zero-order valence-corrected chi connectivity index (χ0v) is 18.7. The molecule has 0 saturated heterocycles. The van der Waals surface area contributed by atoms with Crippen LogP contribution in [-0.4, -0.2) is 28.4 Å². The van der Waals surface area contributed by atoms with E-state index in [0.29, 0.717) is 37.6 Å². The van der Waals surface area contributed by atoms with Gasteiger partial charge in [-0.3, -0.25) is 4.79 Å². The number of benzene rings is 1. The first-order chi connectivity index (χ1) is 14.4. The molecule has 0 atom stereocenters. The summed E-state index contributed by atoms with van der Waals surface area (Å²) in [4.78, 5) is 30.8. The summed E-state index contributed by atoms with van der Waals surface area (Å²) in [6, 6.07) is 8.33. The van der Waals surface area contributed by atoms with Crippen molar-refractivity contribution in [2.75, 3.05) is 6.61 Å². The van der Waals surface area contributed by atoms with Crippen LogP contribution in [0.15, 0.2) is 24.3 Å². The van der Waals surface area contributed by atoms with Crippen molar-refractivity contribution in [2.45, 2.75) is 72.9 Å². The SMILES string of the molecule is CCOC(=O)c1c(C)[nH]c(CN(Cc2ccc(C)cc2)C(=O)CC2CCCC2)c1C. The molecule has 1 aromatic heterocycles. The van der Waals surface area contributed by atoms with Gasteiger partial charge >= 0.3 is 5.97 Å². The maximum atomic E-state index is 13.2. The number of aromatic nitrogens is 1. The molecule has 30 heavy (non-hydrogen) atoms. The number of rotatable bonds is 8. The lowest BCUT2D eigenvalue weighted by atomic mass is 10.0. The Morgan fingerprint density at radius 1 is 1.07 bits per heavy atom. The smallest absolute Gasteiger partial charge is 0.340 e. The summed E-state index contributed by atoms with van der Waals surface area (Å²) in [6.45, 7) is 9.06. The van der Waals surface area contributed by atoms with Gasteiger partial charge in [-0.1, -0.05) is 42.7 Å². The number of hydrogen-bond donors (Lipinski definition) is 1. The van der Waals surface area contributed by atoms with Crippen LogP contribution in [0.25, 0.3) is 0 Å². The molecule has 1 aromatic carbocycles. The fourth-order valence-corrected chi connectivity index (χ4v) is 4.41. The second-order valence-electron chi connectivity index (χ2n) is 8.54. The molecule has 1 amide bonds. The van der Waals surface area contributed by atoms with Crippen molar-refractivity contribution in [3.63, 3.8) is 0 Å². The Morgan fingerprint density at radius 2 is 1.73 bits per heavy atom. The van der Waals surface area contributed by atoms with Crippen LogP contribution < -0.4 is 0 Å². The molecular weight excluding hydrogens is 376 g/mol. The Bertz CT molecular complexity index is 877.